The van der Waals surface area contributed by atoms with Gasteiger partial charge in [0, 0.05) is 32.3 Å². The van der Waals surface area contributed by atoms with Crippen molar-refractivity contribution in [2.75, 3.05) is 19.7 Å². The number of carbonyl (C=O) groups is 1. The van der Waals surface area contributed by atoms with E-state index in [9.17, 15) is 4.79 Å². The molecule has 0 aliphatic carbocycles. The summed E-state index contributed by atoms with van der Waals surface area (Å²) in [5, 5.41) is 18.0. The van der Waals surface area contributed by atoms with Gasteiger partial charge in [-0.05, 0) is 106 Å². The predicted molar refractivity (Wildman–Crippen MR) is 166 cm³/mol. The molecule has 0 saturated carbocycles. The van der Waals surface area contributed by atoms with Crippen LogP contribution in [-0.2, 0) is 0 Å². The molecule has 0 amide bonds. The molecule has 3 rings (SSSR count). The van der Waals surface area contributed by atoms with Crippen LogP contribution in [0.5, 0.6) is 0 Å². The first-order valence-electron chi connectivity index (χ1n) is 14.4. The van der Waals surface area contributed by atoms with Gasteiger partial charge >= 0.3 is 0 Å². The number of aryl methyl sites for hydroxylation is 1. The molecule has 1 atom stereocenters. The summed E-state index contributed by atoms with van der Waals surface area (Å²) in [6.07, 6.45) is 10.8. The number of nitrogens with zero attached hydrogens (tertiary/aromatic N) is 5. The molecular formula is C33H44FN5O2. The largest absolute Gasteiger partial charge is 0.396 e. The van der Waals surface area contributed by atoms with E-state index in [4.69, 9.17) is 5.11 Å². The van der Waals surface area contributed by atoms with Gasteiger partial charge in [0.05, 0.1) is 17.3 Å². The number of Topliss-reactive ketones (excluding diaryl/α,β-unsaturated/α-hetero) is 1. The SMILES string of the molecule is C=Cc1c(/C=C(\C)c2cc(F)c(C(=O)CCC(C)CCO)cc2C)nnn1C1CCN(C(=C)/N=C\C(C)=C/C)CC1. The molecule has 2 heterocycles. The van der Waals surface area contributed by atoms with Crippen molar-refractivity contribution in [1.29, 1.82) is 0 Å². The molecule has 0 spiro atoms. The third-order valence-corrected chi connectivity index (χ3v) is 7.88. The van der Waals surface area contributed by atoms with Crippen LogP contribution in [0.25, 0.3) is 17.7 Å². The minimum absolute atomic E-state index is 0.0898. The number of hydrogen-bond acceptors (Lipinski definition) is 6. The average Bonchev–Trinajstić information content (AvgIpc) is 3.37. The standard InChI is InChI=1S/C33H44FN5O2/c1-8-22(3)21-35-26(7)38-15-12-27(13-16-38)39-32(9-2)31(36-37-39)19-25(6)28-20-30(34)29(18-24(28)5)33(41)11-10-23(4)14-17-40/h8-9,18-21,23,27,40H,2,7,10-17H2,1,3-6H3/b22-8-,25-19+,35-21-. The van der Waals surface area contributed by atoms with Gasteiger partial charge in [0.15, 0.2) is 5.78 Å². The zero-order valence-corrected chi connectivity index (χ0v) is 25.2. The zero-order valence-electron chi connectivity index (χ0n) is 25.2. The summed E-state index contributed by atoms with van der Waals surface area (Å²) in [7, 11) is 0. The number of ketones is 1. The van der Waals surface area contributed by atoms with Crippen LogP contribution < -0.4 is 0 Å². The number of aliphatic imine (C=N–C) groups is 1. The van der Waals surface area contributed by atoms with Crippen LogP contribution >= 0.6 is 0 Å². The number of likely N-dealkylation sites (tertiary alicyclic amines) is 1. The van der Waals surface area contributed by atoms with Gasteiger partial charge < -0.3 is 10.0 Å². The van der Waals surface area contributed by atoms with E-state index < -0.39 is 5.82 Å². The second kappa shape index (κ2) is 14.8. The van der Waals surface area contributed by atoms with Crippen LogP contribution in [0.1, 0.15) is 98.7 Å². The molecule has 1 fully saturated rings. The van der Waals surface area contributed by atoms with Crippen molar-refractivity contribution in [3.63, 3.8) is 0 Å². The van der Waals surface area contributed by atoms with Crippen molar-refractivity contribution >= 4 is 29.7 Å². The van der Waals surface area contributed by atoms with Crippen LogP contribution in [0.2, 0.25) is 0 Å². The minimum Gasteiger partial charge on any atom is -0.396 e. The van der Waals surface area contributed by atoms with E-state index in [-0.39, 0.29) is 36.3 Å². The smallest absolute Gasteiger partial charge is 0.165 e. The molecule has 41 heavy (non-hydrogen) atoms. The Hall–Kier alpha value is -3.65. The Bertz CT molecular complexity index is 1350. The van der Waals surface area contributed by atoms with E-state index in [1.807, 2.05) is 57.7 Å². The lowest BCUT2D eigenvalue weighted by Crippen LogP contribution is -2.34. The van der Waals surface area contributed by atoms with E-state index in [0.29, 0.717) is 18.5 Å². The van der Waals surface area contributed by atoms with Crippen LogP contribution in [0.4, 0.5) is 4.39 Å². The molecule has 1 N–H and O–H groups in total. The maximum Gasteiger partial charge on any atom is 0.165 e. The molecule has 220 valence electrons. The molecule has 8 heteroatoms. The molecular weight excluding hydrogens is 517 g/mol. The first-order chi connectivity index (χ1) is 19.6. The topological polar surface area (TPSA) is 83.6 Å². The highest BCUT2D eigenvalue weighted by atomic mass is 19.1. The molecule has 0 radical (unpaired) electrons. The third-order valence-electron chi connectivity index (χ3n) is 7.88. The number of aliphatic hydroxyl groups excluding tert-OH is 1. The molecule has 7 nitrogen and oxygen atoms in total. The Labute approximate surface area is 243 Å². The van der Waals surface area contributed by atoms with Crippen LogP contribution in [0, 0.1) is 18.7 Å². The van der Waals surface area contributed by atoms with E-state index in [0.717, 1.165) is 59.7 Å². The Balaban J connectivity index is 1.74. The summed E-state index contributed by atoms with van der Waals surface area (Å²) >= 11 is 0. The van der Waals surface area contributed by atoms with Crippen molar-refractivity contribution < 1.29 is 14.3 Å². The summed E-state index contributed by atoms with van der Waals surface area (Å²) in [5.74, 6) is 0.237. The first kappa shape index (κ1) is 31.9. The number of carbonyl (C=O) groups excluding carboxylic acids is 1. The Kier molecular flexibility index (Phi) is 11.5. The minimum atomic E-state index is -0.524. The van der Waals surface area contributed by atoms with Crippen molar-refractivity contribution in [3.8, 4) is 0 Å². The van der Waals surface area contributed by atoms with E-state index >= 15 is 4.39 Å². The Morgan fingerprint density at radius 1 is 1.24 bits per heavy atom. The van der Waals surface area contributed by atoms with Gasteiger partial charge in [0.25, 0.3) is 0 Å². The van der Waals surface area contributed by atoms with E-state index in [1.54, 1.807) is 12.1 Å². The number of piperidine rings is 1. The lowest BCUT2D eigenvalue weighted by molar-refractivity contribution is 0.0968. The number of rotatable bonds is 13. The van der Waals surface area contributed by atoms with Gasteiger partial charge in [-0.1, -0.05) is 31.4 Å². The monoisotopic (exact) mass is 561 g/mol. The number of aliphatic hydroxyl groups is 1. The maximum absolute atomic E-state index is 15.1. The highest BCUT2D eigenvalue weighted by Gasteiger charge is 2.25. The van der Waals surface area contributed by atoms with Gasteiger partial charge in [0.2, 0.25) is 0 Å². The lowest BCUT2D eigenvalue weighted by atomic mass is 9.93. The molecule has 1 aliphatic rings. The van der Waals surface area contributed by atoms with Crippen molar-refractivity contribution in [3.05, 3.63) is 76.7 Å². The van der Waals surface area contributed by atoms with Crippen molar-refractivity contribution in [2.45, 2.75) is 72.8 Å². The average molecular weight is 562 g/mol. The fraction of sp³-hybridized carbons (Fsp3) is 0.455. The molecule has 0 bridgehead atoms. The summed E-state index contributed by atoms with van der Waals surface area (Å²) in [6.45, 7) is 19.6. The predicted octanol–water partition coefficient (Wildman–Crippen LogP) is 7.06. The van der Waals surface area contributed by atoms with Crippen molar-refractivity contribution in [2.24, 2.45) is 10.9 Å². The highest BCUT2D eigenvalue weighted by molar-refractivity contribution is 5.97. The normalized spacial score (nSPS) is 15.9. The summed E-state index contributed by atoms with van der Waals surface area (Å²) < 4.78 is 17.0. The van der Waals surface area contributed by atoms with Gasteiger partial charge in [-0.3, -0.25) is 4.79 Å². The third kappa shape index (κ3) is 8.19. The van der Waals surface area contributed by atoms with Crippen molar-refractivity contribution in [1.82, 2.24) is 19.9 Å². The van der Waals surface area contributed by atoms with E-state index in [2.05, 4.69) is 33.4 Å². The highest BCUT2D eigenvalue weighted by Crippen LogP contribution is 2.29. The quantitative estimate of drug-likeness (QED) is 0.209. The molecule has 1 saturated heterocycles. The fourth-order valence-corrected chi connectivity index (χ4v) is 5.06. The molecule has 1 aromatic heterocycles. The zero-order chi connectivity index (χ0) is 30.1. The van der Waals surface area contributed by atoms with Gasteiger partial charge in [0.1, 0.15) is 17.3 Å². The van der Waals surface area contributed by atoms with E-state index in [1.165, 1.54) is 6.07 Å². The van der Waals surface area contributed by atoms with Gasteiger partial charge in [-0.2, -0.15) is 0 Å². The first-order valence-corrected chi connectivity index (χ1v) is 14.4. The van der Waals surface area contributed by atoms with Crippen LogP contribution in [0.15, 0.2) is 47.8 Å². The Morgan fingerprint density at radius 2 is 1.95 bits per heavy atom. The van der Waals surface area contributed by atoms with Gasteiger partial charge in [-0.25, -0.2) is 14.1 Å². The van der Waals surface area contributed by atoms with Crippen LogP contribution in [0.3, 0.4) is 0 Å². The molecule has 1 aliphatic heterocycles. The second-order valence-corrected chi connectivity index (χ2v) is 11.0. The number of hydrogen-bond donors (Lipinski definition) is 1. The number of aromatic nitrogens is 3. The van der Waals surface area contributed by atoms with Gasteiger partial charge in [-0.15, -0.1) is 5.10 Å². The molecule has 1 aromatic carbocycles. The Morgan fingerprint density at radius 3 is 2.59 bits per heavy atom. The number of benzene rings is 1. The number of halogens is 1. The molecule has 1 unspecified atom stereocenters. The second-order valence-electron chi connectivity index (χ2n) is 11.0. The number of allylic oxidation sites excluding steroid dienone is 3. The maximum atomic E-state index is 15.1. The molecule has 2 aromatic rings. The lowest BCUT2D eigenvalue weighted by Gasteiger charge is -2.33. The summed E-state index contributed by atoms with van der Waals surface area (Å²) in [4.78, 5) is 19.4. The summed E-state index contributed by atoms with van der Waals surface area (Å²) in [6, 6.07) is 3.25. The van der Waals surface area contributed by atoms with Crippen LogP contribution in [-0.4, -0.2) is 56.7 Å². The fourth-order valence-electron chi connectivity index (χ4n) is 5.06. The summed E-state index contributed by atoms with van der Waals surface area (Å²) in [5.41, 5.74) is 5.07.